The van der Waals surface area contributed by atoms with Gasteiger partial charge in [0.2, 0.25) is 5.95 Å². The Morgan fingerprint density at radius 2 is 1.85 bits per heavy atom. The smallest absolute Gasteiger partial charge is 0.272 e. The van der Waals surface area contributed by atoms with Gasteiger partial charge in [0.1, 0.15) is 5.69 Å². The van der Waals surface area contributed by atoms with Crippen molar-refractivity contribution < 1.29 is 4.79 Å². The van der Waals surface area contributed by atoms with E-state index in [1.807, 2.05) is 42.5 Å². The predicted octanol–water partition coefficient (Wildman–Crippen LogP) is 3.44. The summed E-state index contributed by atoms with van der Waals surface area (Å²) in [6, 6.07) is 19.9. The van der Waals surface area contributed by atoms with Gasteiger partial charge in [-0.3, -0.25) is 4.79 Å². The molecule has 0 atom stereocenters. The number of hydrogen-bond donors (Lipinski definition) is 0. The molecular weight excluding hydrogens is 324 g/mol. The summed E-state index contributed by atoms with van der Waals surface area (Å²) >= 11 is 0. The van der Waals surface area contributed by atoms with Crippen LogP contribution in [-0.2, 0) is 13.0 Å². The topological polar surface area (TPSA) is 49.3 Å². The van der Waals surface area contributed by atoms with Gasteiger partial charge in [0.05, 0.1) is 0 Å². The van der Waals surface area contributed by atoms with E-state index in [0.29, 0.717) is 18.2 Å². The fourth-order valence-corrected chi connectivity index (χ4v) is 3.27. The molecule has 0 radical (unpaired) electrons. The molecule has 5 heteroatoms. The molecule has 2 heterocycles. The Morgan fingerprint density at radius 3 is 2.69 bits per heavy atom. The van der Waals surface area contributed by atoms with Crippen LogP contribution < -0.4 is 4.90 Å². The Hall–Kier alpha value is -3.21. The molecule has 3 aromatic rings. The van der Waals surface area contributed by atoms with Crippen LogP contribution in [0.25, 0.3) is 0 Å². The first-order valence-electron chi connectivity index (χ1n) is 8.70. The van der Waals surface area contributed by atoms with Crippen LogP contribution in [0.1, 0.15) is 21.6 Å². The van der Waals surface area contributed by atoms with Gasteiger partial charge in [-0.05, 0) is 29.7 Å². The second kappa shape index (κ2) is 6.96. The highest BCUT2D eigenvalue weighted by Gasteiger charge is 2.23. The Balaban J connectivity index is 1.55. The molecule has 0 bridgehead atoms. The van der Waals surface area contributed by atoms with Gasteiger partial charge < -0.3 is 9.80 Å². The van der Waals surface area contributed by atoms with Crippen molar-refractivity contribution in [2.75, 3.05) is 18.5 Å². The van der Waals surface area contributed by atoms with E-state index in [9.17, 15) is 4.79 Å². The summed E-state index contributed by atoms with van der Waals surface area (Å²) in [5, 5.41) is 0. The second-order valence-electron chi connectivity index (χ2n) is 6.42. The molecular formula is C21H20N4O. The minimum Gasteiger partial charge on any atom is -0.336 e. The monoisotopic (exact) mass is 344 g/mol. The summed E-state index contributed by atoms with van der Waals surface area (Å²) in [6.07, 6.45) is 2.62. The van der Waals surface area contributed by atoms with Crippen LogP contribution in [0.4, 0.5) is 11.6 Å². The maximum absolute atomic E-state index is 12.8. The number of fused-ring (bicyclic) bond motifs is 1. The van der Waals surface area contributed by atoms with Crippen molar-refractivity contribution in [2.24, 2.45) is 0 Å². The van der Waals surface area contributed by atoms with Crippen LogP contribution in [-0.4, -0.2) is 34.4 Å². The van der Waals surface area contributed by atoms with Crippen LogP contribution in [0.2, 0.25) is 0 Å². The van der Waals surface area contributed by atoms with Gasteiger partial charge in [0, 0.05) is 32.0 Å². The highest BCUT2D eigenvalue weighted by atomic mass is 16.2. The van der Waals surface area contributed by atoms with E-state index in [1.54, 1.807) is 24.2 Å². The maximum atomic E-state index is 12.8. The van der Waals surface area contributed by atoms with Crippen molar-refractivity contribution in [2.45, 2.75) is 13.0 Å². The molecule has 0 N–H and O–H groups in total. The molecule has 26 heavy (non-hydrogen) atoms. The Morgan fingerprint density at radius 1 is 1.08 bits per heavy atom. The number of carbonyl (C=O) groups excluding carboxylic acids is 1. The van der Waals surface area contributed by atoms with E-state index in [-0.39, 0.29) is 5.91 Å². The molecule has 1 aliphatic rings. The summed E-state index contributed by atoms with van der Waals surface area (Å²) in [7, 11) is 1.79. The van der Waals surface area contributed by atoms with Gasteiger partial charge in [0.25, 0.3) is 5.91 Å². The maximum Gasteiger partial charge on any atom is 0.272 e. The number of carbonyl (C=O) groups is 1. The number of anilines is 2. The van der Waals surface area contributed by atoms with Gasteiger partial charge in [-0.25, -0.2) is 9.97 Å². The molecule has 0 unspecified atom stereocenters. The molecule has 0 fully saturated rings. The van der Waals surface area contributed by atoms with E-state index in [4.69, 9.17) is 0 Å². The van der Waals surface area contributed by atoms with Crippen molar-refractivity contribution in [3.8, 4) is 0 Å². The molecule has 0 saturated carbocycles. The van der Waals surface area contributed by atoms with Crippen LogP contribution in [0.5, 0.6) is 0 Å². The van der Waals surface area contributed by atoms with E-state index in [0.717, 1.165) is 24.2 Å². The number of amides is 1. The first-order chi connectivity index (χ1) is 12.7. The number of aromatic nitrogens is 2. The third-order valence-corrected chi connectivity index (χ3v) is 4.60. The third-order valence-electron chi connectivity index (χ3n) is 4.60. The summed E-state index contributed by atoms with van der Waals surface area (Å²) in [6.45, 7) is 1.38. The average molecular weight is 344 g/mol. The molecule has 2 aromatic carbocycles. The van der Waals surface area contributed by atoms with Gasteiger partial charge in [-0.2, -0.15) is 0 Å². The molecule has 1 aromatic heterocycles. The lowest BCUT2D eigenvalue weighted by Crippen LogP contribution is -2.28. The zero-order valence-electron chi connectivity index (χ0n) is 14.7. The fraction of sp³-hybridized carbons (Fsp3) is 0.190. The van der Waals surface area contributed by atoms with Gasteiger partial charge >= 0.3 is 0 Å². The summed E-state index contributed by atoms with van der Waals surface area (Å²) in [5.74, 6) is 0.471. The quantitative estimate of drug-likeness (QED) is 0.727. The SMILES string of the molecule is CN(Cc1ccccc1)C(=O)c1ccnc(N2CCc3ccccc32)n1. The lowest BCUT2D eigenvalue weighted by molar-refractivity contribution is 0.0779. The lowest BCUT2D eigenvalue weighted by atomic mass is 10.2. The molecule has 1 amide bonds. The van der Waals surface area contributed by atoms with Crippen molar-refractivity contribution >= 4 is 17.5 Å². The zero-order chi connectivity index (χ0) is 17.9. The molecule has 0 aliphatic carbocycles. The second-order valence-corrected chi connectivity index (χ2v) is 6.42. The fourth-order valence-electron chi connectivity index (χ4n) is 3.27. The van der Waals surface area contributed by atoms with Crippen LogP contribution in [0, 0.1) is 0 Å². The molecule has 0 spiro atoms. The van der Waals surface area contributed by atoms with Crippen molar-refractivity contribution in [1.82, 2.24) is 14.9 Å². The van der Waals surface area contributed by atoms with Crippen LogP contribution in [0.3, 0.4) is 0 Å². The van der Waals surface area contributed by atoms with Crippen molar-refractivity contribution in [3.63, 3.8) is 0 Å². The number of rotatable bonds is 4. The third kappa shape index (κ3) is 3.16. The van der Waals surface area contributed by atoms with Crippen molar-refractivity contribution in [3.05, 3.63) is 83.7 Å². The molecule has 4 rings (SSSR count). The highest BCUT2D eigenvalue weighted by Crippen LogP contribution is 2.32. The summed E-state index contributed by atoms with van der Waals surface area (Å²) in [5.41, 5.74) is 3.91. The van der Waals surface area contributed by atoms with E-state index in [1.165, 1.54) is 5.56 Å². The van der Waals surface area contributed by atoms with E-state index < -0.39 is 0 Å². The minimum absolute atomic E-state index is 0.106. The van der Waals surface area contributed by atoms with Crippen molar-refractivity contribution in [1.29, 1.82) is 0 Å². The first kappa shape index (κ1) is 16.3. The van der Waals surface area contributed by atoms with E-state index >= 15 is 0 Å². The molecule has 1 aliphatic heterocycles. The lowest BCUT2D eigenvalue weighted by Gasteiger charge is -2.19. The highest BCUT2D eigenvalue weighted by molar-refractivity contribution is 5.92. The average Bonchev–Trinajstić information content (AvgIpc) is 3.12. The number of hydrogen-bond acceptors (Lipinski definition) is 4. The summed E-state index contributed by atoms with van der Waals surface area (Å²) < 4.78 is 0. The van der Waals surface area contributed by atoms with Crippen LogP contribution >= 0.6 is 0 Å². The Bertz CT molecular complexity index is 926. The standard InChI is InChI=1S/C21H20N4O/c1-24(15-16-7-3-2-4-8-16)20(26)18-11-13-22-21(23-18)25-14-12-17-9-5-6-10-19(17)25/h2-11,13H,12,14-15H2,1H3. The van der Waals surface area contributed by atoms with Gasteiger partial charge in [-0.15, -0.1) is 0 Å². The Labute approximate surface area is 152 Å². The van der Waals surface area contributed by atoms with Crippen LogP contribution in [0.15, 0.2) is 66.9 Å². The van der Waals surface area contributed by atoms with E-state index in [2.05, 4.69) is 27.0 Å². The van der Waals surface area contributed by atoms with Gasteiger partial charge in [-0.1, -0.05) is 48.5 Å². The summed E-state index contributed by atoms with van der Waals surface area (Å²) in [4.78, 5) is 25.5. The molecule has 5 nitrogen and oxygen atoms in total. The number of benzene rings is 2. The molecule has 130 valence electrons. The normalized spacial score (nSPS) is 12.7. The number of nitrogens with zero attached hydrogens (tertiary/aromatic N) is 4. The zero-order valence-corrected chi connectivity index (χ0v) is 14.7. The Kier molecular flexibility index (Phi) is 4.35. The predicted molar refractivity (Wildman–Crippen MR) is 101 cm³/mol. The molecule has 0 saturated heterocycles. The minimum atomic E-state index is -0.106. The largest absolute Gasteiger partial charge is 0.336 e. The first-order valence-corrected chi connectivity index (χ1v) is 8.70. The number of para-hydroxylation sites is 1. The van der Waals surface area contributed by atoms with Gasteiger partial charge in [0.15, 0.2) is 0 Å².